The SMILES string of the molecule is C=COC=C.O.O=C(O)CC(C(=O)O)S(=O)(=O)O. The van der Waals surface area contributed by atoms with Crippen LogP contribution in [0, 0.1) is 0 Å². The Morgan fingerprint density at radius 3 is 1.67 bits per heavy atom. The highest BCUT2D eigenvalue weighted by molar-refractivity contribution is 7.87. The van der Waals surface area contributed by atoms with Crippen LogP contribution < -0.4 is 0 Å². The Bertz CT molecular complexity index is 377. The van der Waals surface area contributed by atoms with Gasteiger partial charge in [-0.3, -0.25) is 14.1 Å². The molecule has 0 aromatic carbocycles. The van der Waals surface area contributed by atoms with Crippen LogP contribution in [0.2, 0.25) is 0 Å². The molecule has 0 heterocycles. The first-order valence-electron chi connectivity index (χ1n) is 3.95. The molecule has 0 aliphatic heterocycles. The topological polar surface area (TPSA) is 170 Å². The maximum absolute atomic E-state index is 10.2. The summed E-state index contributed by atoms with van der Waals surface area (Å²) in [5.41, 5.74) is 0. The summed E-state index contributed by atoms with van der Waals surface area (Å²) in [6, 6.07) is 0. The largest absolute Gasteiger partial charge is 0.481 e. The van der Waals surface area contributed by atoms with Crippen molar-refractivity contribution in [2.24, 2.45) is 0 Å². The van der Waals surface area contributed by atoms with E-state index in [4.69, 9.17) is 14.8 Å². The summed E-state index contributed by atoms with van der Waals surface area (Å²) in [7, 11) is -4.84. The second-order valence-electron chi connectivity index (χ2n) is 2.41. The standard InChI is InChI=1S/C4H6O7S.C4H6O.H2O/c5-3(6)1-2(4(7)8)12(9,10)11;1-3-5-4-2;/h2H,1H2,(H,5,6)(H,7,8)(H,9,10,11);3-4H,1-2H2;1H2. The summed E-state index contributed by atoms with van der Waals surface area (Å²) in [5.74, 6) is -3.50. The van der Waals surface area contributed by atoms with Gasteiger partial charge in [-0.2, -0.15) is 8.42 Å². The number of hydrogen-bond acceptors (Lipinski definition) is 5. The zero-order chi connectivity index (χ0) is 14.1. The first-order chi connectivity index (χ1) is 7.66. The summed E-state index contributed by atoms with van der Waals surface area (Å²) in [4.78, 5) is 20.0. The van der Waals surface area contributed by atoms with Gasteiger partial charge in [-0.1, -0.05) is 13.2 Å². The van der Waals surface area contributed by atoms with Crippen LogP contribution in [0.5, 0.6) is 0 Å². The van der Waals surface area contributed by atoms with E-state index in [0.29, 0.717) is 0 Å². The summed E-state index contributed by atoms with van der Waals surface area (Å²) in [6.45, 7) is 6.51. The Morgan fingerprint density at radius 1 is 1.22 bits per heavy atom. The molecule has 0 aromatic heterocycles. The van der Waals surface area contributed by atoms with E-state index >= 15 is 0 Å². The van der Waals surface area contributed by atoms with Gasteiger partial charge >= 0.3 is 11.9 Å². The van der Waals surface area contributed by atoms with E-state index in [9.17, 15) is 18.0 Å². The molecule has 0 spiro atoms. The fourth-order valence-electron chi connectivity index (χ4n) is 0.547. The summed E-state index contributed by atoms with van der Waals surface area (Å²) < 4.78 is 33.0. The molecule has 0 bridgehead atoms. The normalized spacial score (nSPS) is 10.7. The van der Waals surface area contributed by atoms with E-state index in [1.807, 2.05) is 0 Å². The van der Waals surface area contributed by atoms with E-state index in [-0.39, 0.29) is 5.48 Å². The van der Waals surface area contributed by atoms with Crippen LogP contribution in [0.15, 0.2) is 25.7 Å². The number of aliphatic carboxylic acids is 2. The molecule has 9 nitrogen and oxygen atoms in total. The van der Waals surface area contributed by atoms with Crippen LogP contribution >= 0.6 is 0 Å². The summed E-state index contributed by atoms with van der Waals surface area (Å²) in [6.07, 6.45) is 1.47. The first-order valence-corrected chi connectivity index (χ1v) is 5.45. The van der Waals surface area contributed by atoms with E-state index in [1.165, 1.54) is 12.5 Å². The molecule has 0 aliphatic rings. The van der Waals surface area contributed by atoms with Crippen LogP contribution in [0.4, 0.5) is 0 Å². The highest BCUT2D eigenvalue weighted by Crippen LogP contribution is 2.04. The number of carboxylic acid groups (broad SMARTS) is 2. The molecule has 0 saturated heterocycles. The second-order valence-corrected chi connectivity index (χ2v) is 4.01. The smallest absolute Gasteiger partial charge is 0.325 e. The lowest BCUT2D eigenvalue weighted by Gasteiger charge is -2.04. The Hall–Kier alpha value is -1.91. The molecular formula is C8H14O9S. The molecule has 0 rings (SSSR count). The molecule has 0 aliphatic carbocycles. The predicted molar refractivity (Wildman–Crippen MR) is 60.3 cm³/mol. The van der Waals surface area contributed by atoms with E-state index in [0.717, 1.165) is 0 Å². The van der Waals surface area contributed by atoms with Crippen LogP contribution in [0.1, 0.15) is 6.42 Å². The lowest BCUT2D eigenvalue weighted by atomic mass is 10.3. The molecule has 10 heteroatoms. The van der Waals surface area contributed by atoms with Gasteiger partial charge in [0.05, 0.1) is 18.9 Å². The fourth-order valence-corrected chi connectivity index (χ4v) is 1.15. The van der Waals surface area contributed by atoms with Crippen molar-refractivity contribution in [1.82, 2.24) is 0 Å². The van der Waals surface area contributed by atoms with Gasteiger partial charge < -0.3 is 20.4 Å². The van der Waals surface area contributed by atoms with Crippen molar-refractivity contribution in [1.29, 1.82) is 0 Å². The first kappa shape index (κ1) is 21.4. The molecule has 1 unspecified atom stereocenters. The van der Waals surface area contributed by atoms with Crippen molar-refractivity contribution in [3.05, 3.63) is 25.7 Å². The Labute approximate surface area is 103 Å². The van der Waals surface area contributed by atoms with Crippen molar-refractivity contribution in [3.8, 4) is 0 Å². The van der Waals surface area contributed by atoms with Crippen molar-refractivity contribution >= 4 is 22.1 Å². The summed E-state index contributed by atoms with van der Waals surface area (Å²) in [5, 5.41) is 13.9. The van der Waals surface area contributed by atoms with Crippen LogP contribution in [-0.4, -0.2) is 45.8 Å². The average molecular weight is 286 g/mol. The van der Waals surface area contributed by atoms with Gasteiger partial charge in [0.15, 0.2) is 5.25 Å². The molecule has 1 atom stereocenters. The third kappa shape index (κ3) is 12.2. The van der Waals surface area contributed by atoms with Gasteiger partial charge in [-0.25, -0.2) is 0 Å². The number of hydrogen-bond donors (Lipinski definition) is 3. The molecule has 0 saturated carbocycles. The summed E-state index contributed by atoms with van der Waals surface area (Å²) >= 11 is 0. The zero-order valence-corrected chi connectivity index (χ0v) is 9.96. The second kappa shape index (κ2) is 10.3. The monoisotopic (exact) mass is 286 g/mol. The van der Waals surface area contributed by atoms with Crippen molar-refractivity contribution < 1.29 is 43.0 Å². The van der Waals surface area contributed by atoms with Crippen molar-refractivity contribution in [2.45, 2.75) is 11.7 Å². The molecule has 0 radical (unpaired) electrons. The maximum Gasteiger partial charge on any atom is 0.325 e. The van der Waals surface area contributed by atoms with E-state index in [1.54, 1.807) is 0 Å². The number of carbonyl (C=O) groups is 2. The molecular weight excluding hydrogens is 272 g/mol. The van der Waals surface area contributed by atoms with Crippen molar-refractivity contribution in [2.75, 3.05) is 0 Å². The molecule has 18 heavy (non-hydrogen) atoms. The predicted octanol–water partition coefficient (Wildman–Crippen LogP) is -0.733. The minimum Gasteiger partial charge on any atom is -0.481 e. The van der Waals surface area contributed by atoms with Crippen LogP contribution in [0.25, 0.3) is 0 Å². The Morgan fingerprint density at radius 2 is 1.61 bits per heavy atom. The van der Waals surface area contributed by atoms with Crippen molar-refractivity contribution in [3.63, 3.8) is 0 Å². The third-order valence-corrected chi connectivity index (χ3v) is 2.27. The Balaban J connectivity index is -0.000000321. The van der Waals surface area contributed by atoms with Gasteiger partial charge in [0.1, 0.15) is 0 Å². The van der Waals surface area contributed by atoms with E-state index < -0.39 is 33.7 Å². The molecule has 0 fully saturated rings. The van der Waals surface area contributed by atoms with Crippen LogP contribution in [0.3, 0.4) is 0 Å². The average Bonchev–Trinajstić information content (AvgIpc) is 2.14. The molecule has 0 aromatic rings. The maximum atomic E-state index is 10.2. The lowest BCUT2D eigenvalue weighted by molar-refractivity contribution is -0.143. The zero-order valence-electron chi connectivity index (χ0n) is 9.14. The molecule has 106 valence electrons. The molecule has 0 amide bonds. The van der Waals surface area contributed by atoms with Gasteiger partial charge in [0, 0.05) is 0 Å². The highest BCUT2D eigenvalue weighted by atomic mass is 32.2. The quantitative estimate of drug-likeness (QED) is 0.423. The highest BCUT2D eigenvalue weighted by Gasteiger charge is 2.33. The van der Waals surface area contributed by atoms with Gasteiger partial charge in [0.2, 0.25) is 0 Å². The number of rotatable bonds is 6. The minimum atomic E-state index is -4.84. The Kier molecular flexibility index (Phi) is 12.2. The van der Waals surface area contributed by atoms with Crippen LogP contribution in [-0.2, 0) is 24.4 Å². The lowest BCUT2D eigenvalue weighted by Crippen LogP contribution is -2.31. The van der Waals surface area contributed by atoms with Gasteiger partial charge in [-0.05, 0) is 0 Å². The van der Waals surface area contributed by atoms with Gasteiger partial charge in [-0.15, -0.1) is 0 Å². The minimum absolute atomic E-state index is 0. The molecule has 5 N–H and O–H groups in total. The third-order valence-electron chi connectivity index (χ3n) is 1.19. The number of ether oxygens (including phenoxy) is 1. The number of carboxylic acids is 2. The van der Waals surface area contributed by atoms with E-state index in [2.05, 4.69) is 17.9 Å². The fraction of sp³-hybridized carbons (Fsp3) is 0.250. The van der Waals surface area contributed by atoms with Gasteiger partial charge in [0.25, 0.3) is 10.1 Å².